The maximum absolute atomic E-state index is 12.7. The van der Waals surface area contributed by atoms with Gasteiger partial charge < -0.3 is 10.6 Å². The number of aromatic nitrogens is 1. The van der Waals surface area contributed by atoms with Gasteiger partial charge in [-0.2, -0.15) is 0 Å². The van der Waals surface area contributed by atoms with Gasteiger partial charge in [0.05, 0.1) is 17.8 Å². The Bertz CT molecular complexity index is 438. The van der Waals surface area contributed by atoms with Gasteiger partial charge in [0.2, 0.25) is 5.91 Å². The van der Waals surface area contributed by atoms with Gasteiger partial charge in [0.15, 0.2) is 0 Å². The number of nitrogens with two attached hydrogens (primary N) is 1. The third-order valence-corrected chi connectivity index (χ3v) is 3.83. The number of nitrogens with zero attached hydrogens (tertiary/aromatic N) is 2. The van der Waals surface area contributed by atoms with Crippen LogP contribution in [0, 0.1) is 5.92 Å². The average Bonchev–Trinajstić information content (AvgIpc) is 3.20. The molecule has 1 aromatic heterocycles. The van der Waals surface area contributed by atoms with Gasteiger partial charge in [-0.1, -0.05) is 6.07 Å². The summed E-state index contributed by atoms with van der Waals surface area (Å²) in [7, 11) is 0. The number of carbonyl (C=O) groups excluding carboxylic acids is 1. The molecule has 1 aliphatic carbocycles. The number of carbonyl (C=O) groups is 1. The summed E-state index contributed by atoms with van der Waals surface area (Å²) in [5.74, 6) is 0.376. The molecule has 1 saturated carbocycles. The molecule has 0 spiro atoms. The van der Waals surface area contributed by atoms with E-state index in [0.29, 0.717) is 12.5 Å². The monoisotopic (exact) mass is 261 g/mol. The molecule has 1 unspecified atom stereocenters. The fourth-order valence-electron chi connectivity index (χ4n) is 2.32. The molecule has 1 amide bonds. The fraction of sp³-hybridized carbons (Fsp3) is 0.600. The average molecular weight is 261 g/mol. The SMILES string of the molecule is CC(C)N(Cc1ccccn1)C(=O)C(C)(N)C1CC1. The Balaban J connectivity index is 2.14. The van der Waals surface area contributed by atoms with Crippen LogP contribution in [-0.2, 0) is 11.3 Å². The van der Waals surface area contributed by atoms with Crippen molar-refractivity contribution in [1.29, 1.82) is 0 Å². The smallest absolute Gasteiger partial charge is 0.243 e. The lowest BCUT2D eigenvalue weighted by atomic mass is 9.94. The molecule has 4 nitrogen and oxygen atoms in total. The second-order valence-corrected chi connectivity index (χ2v) is 5.90. The molecule has 1 atom stereocenters. The van der Waals surface area contributed by atoms with Gasteiger partial charge in [-0.25, -0.2) is 0 Å². The molecule has 1 heterocycles. The van der Waals surface area contributed by atoms with E-state index in [1.54, 1.807) is 6.20 Å². The van der Waals surface area contributed by atoms with E-state index in [4.69, 9.17) is 5.73 Å². The van der Waals surface area contributed by atoms with E-state index in [9.17, 15) is 4.79 Å². The van der Waals surface area contributed by atoms with Crippen LogP contribution in [0.2, 0.25) is 0 Å². The van der Waals surface area contributed by atoms with E-state index in [2.05, 4.69) is 4.98 Å². The van der Waals surface area contributed by atoms with E-state index in [1.165, 1.54) is 0 Å². The summed E-state index contributed by atoms with van der Waals surface area (Å²) in [6, 6.07) is 5.88. The first-order valence-electron chi connectivity index (χ1n) is 6.92. The van der Waals surface area contributed by atoms with Crippen molar-refractivity contribution in [2.75, 3.05) is 0 Å². The lowest BCUT2D eigenvalue weighted by Crippen LogP contribution is -2.56. The summed E-state index contributed by atoms with van der Waals surface area (Å²) in [5.41, 5.74) is 6.41. The van der Waals surface area contributed by atoms with Crippen LogP contribution in [0.1, 0.15) is 39.3 Å². The highest BCUT2D eigenvalue weighted by Gasteiger charge is 2.46. The van der Waals surface area contributed by atoms with Gasteiger partial charge in [-0.15, -0.1) is 0 Å². The van der Waals surface area contributed by atoms with Gasteiger partial charge in [0, 0.05) is 12.2 Å². The Morgan fingerprint density at radius 1 is 1.53 bits per heavy atom. The van der Waals surface area contributed by atoms with E-state index in [-0.39, 0.29) is 11.9 Å². The first-order chi connectivity index (χ1) is 8.93. The first-order valence-corrected chi connectivity index (χ1v) is 6.92. The highest BCUT2D eigenvalue weighted by atomic mass is 16.2. The summed E-state index contributed by atoms with van der Waals surface area (Å²) < 4.78 is 0. The molecule has 0 radical (unpaired) electrons. The highest BCUT2D eigenvalue weighted by molar-refractivity contribution is 5.86. The summed E-state index contributed by atoms with van der Waals surface area (Å²) in [4.78, 5) is 18.8. The molecule has 2 rings (SSSR count). The highest BCUT2D eigenvalue weighted by Crippen LogP contribution is 2.39. The molecule has 1 fully saturated rings. The number of rotatable bonds is 5. The lowest BCUT2D eigenvalue weighted by Gasteiger charge is -2.34. The minimum absolute atomic E-state index is 0.0376. The molecule has 19 heavy (non-hydrogen) atoms. The second-order valence-electron chi connectivity index (χ2n) is 5.90. The molecular weight excluding hydrogens is 238 g/mol. The fourth-order valence-corrected chi connectivity index (χ4v) is 2.32. The van der Waals surface area contributed by atoms with Gasteiger partial charge in [0.25, 0.3) is 0 Å². The molecule has 2 N–H and O–H groups in total. The Kier molecular flexibility index (Phi) is 3.90. The number of hydrogen-bond acceptors (Lipinski definition) is 3. The van der Waals surface area contributed by atoms with Crippen LogP contribution in [-0.4, -0.2) is 27.4 Å². The Morgan fingerprint density at radius 3 is 2.68 bits per heavy atom. The number of amides is 1. The molecule has 104 valence electrons. The summed E-state index contributed by atoms with van der Waals surface area (Å²) in [6.45, 7) is 6.42. The largest absolute Gasteiger partial charge is 0.333 e. The van der Waals surface area contributed by atoms with Crippen LogP contribution in [0.5, 0.6) is 0 Å². The molecular formula is C15H23N3O. The summed E-state index contributed by atoms with van der Waals surface area (Å²) in [6.07, 6.45) is 3.88. The van der Waals surface area contributed by atoms with Gasteiger partial charge in [0.1, 0.15) is 0 Å². The maximum Gasteiger partial charge on any atom is 0.243 e. The zero-order valence-electron chi connectivity index (χ0n) is 12.0. The molecule has 4 heteroatoms. The van der Waals surface area contributed by atoms with Crippen LogP contribution >= 0.6 is 0 Å². The summed E-state index contributed by atoms with van der Waals surface area (Å²) >= 11 is 0. The van der Waals surface area contributed by atoms with Crippen molar-refractivity contribution in [3.63, 3.8) is 0 Å². The van der Waals surface area contributed by atoms with Crippen LogP contribution < -0.4 is 5.73 Å². The van der Waals surface area contributed by atoms with Crippen molar-refractivity contribution < 1.29 is 4.79 Å². The topological polar surface area (TPSA) is 59.2 Å². The summed E-state index contributed by atoms with van der Waals surface area (Å²) in [5, 5.41) is 0. The van der Waals surface area contributed by atoms with Crippen molar-refractivity contribution in [3.05, 3.63) is 30.1 Å². The number of pyridine rings is 1. The van der Waals surface area contributed by atoms with Crippen molar-refractivity contribution in [2.24, 2.45) is 11.7 Å². The minimum Gasteiger partial charge on any atom is -0.333 e. The molecule has 1 aliphatic rings. The lowest BCUT2D eigenvalue weighted by molar-refractivity contribution is -0.139. The zero-order valence-corrected chi connectivity index (χ0v) is 12.0. The van der Waals surface area contributed by atoms with Crippen LogP contribution in [0.25, 0.3) is 0 Å². The Hall–Kier alpha value is -1.42. The minimum atomic E-state index is -0.737. The van der Waals surface area contributed by atoms with Gasteiger partial charge in [-0.05, 0) is 51.7 Å². The molecule has 0 aliphatic heterocycles. The predicted octanol–water partition coefficient (Wildman–Crippen LogP) is 1.95. The third kappa shape index (κ3) is 3.13. The van der Waals surface area contributed by atoms with E-state index >= 15 is 0 Å². The maximum atomic E-state index is 12.7. The first kappa shape index (κ1) is 14.0. The zero-order chi connectivity index (χ0) is 14.0. The van der Waals surface area contributed by atoms with E-state index in [0.717, 1.165) is 18.5 Å². The van der Waals surface area contributed by atoms with E-state index < -0.39 is 5.54 Å². The molecule has 0 bridgehead atoms. The predicted molar refractivity (Wildman–Crippen MR) is 75.2 cm³/mol. The van der Waals surface area contributed by atoms with Crippen LogP contribution in [0.4, 0.5) is 0 Å². The van der Waals surface area contributed by atoms with Crippen molar-refractivity contribution in [2.45, 2.75) is 51.7 Å². The molecule has 0 aromatic carbocycles. The number of hydrogen-bond donors (Lipinski definition) is 1. The van der Waals surface area contributed by atoms with Gasteiger partial charge in [-0.3, -0.25) is 9.78 Å². The van der Waals surface area contributed by atoms with Gasteiger partial charge >= 0.3 is 0 Å². The normalized spacial score (nSPS) is 18.2. The van der Waals surface area contributed by atoms with E-state index in [1.807, 2.05) is 43.9 Å². The van der Waals surface area contributed by atoms with Crippen molar-refractivity contribution >= 4 is 5.91 Å². The standard InChI is InChI=1S/C15H23N3O/c1-11(2)18(10-13-6-4-5-9-17-13)14(19)15(3,16)12-7-8-12/h4-6,9,11-12H,7-8,10,16H2,1-3H3. The molecule has 0 saturated heterocycles. The Morgan fingerprint density at radius 2 is 2.21 bits per heavy atom. The quantitative estimate of drug-likeness (QED) is 0.881. The second kappa shape index (κ2) is 5.29. The van der Waals surface area contributed by atoms with Crippen LogP contribution in [0.15, 0.2) is 24.4 Å². The van der Waals surface area contributed by atoms with Crippen molar-refractivity contribution in [1.82, 2.24) is 9.88 Å². The third-order valence-electron chi connectivity index (χ3n) is 3.83. The molecule has 1 aromatic rings. The van der Waals surface area contributed by atoms with Crippen molar-refractivity contribution in [3.8, 4) is 0 Å². The Labute approximate surface area is 115 Å². The van der Waals surface area contributed by atoms with Crippen LogP contribution in [0.3, 0.4) is 0 Å².